The highest BCUT2D eigenvalue weighted by Gasteiger charge is 2.64. The van der Waals surface area contributed by atoms with Crippen LogP contribution < -0.4 is 5.73 Å². The standard InChI is InChI=1S/C20H21N3O7.2ClH/c1-23(2)14-9-4-7-3-8-5-22-6-10(24)11(8)15(25)12(7)17(27)20(9,30)18(28)13(16(14)26)19(21)29;;/h5-7,9,14,24-25,28,30H,3-4H2,1-2H3,(H2,21,29);2*1H/t7-,9-,14-,20-;;/m0../s1. The molecular formula is C20H23Cl2N3O7. The van der Waals surface area contributed by atoms with E-state index in [1.807, 2.05) is 0 Å². The van der Waals surface area contributed by atoms with Crippen molar-refractivity contribution >= 4 is 48.0 Å². The number of fused-ring (bicyclic) bond motifs is 3. The summed E-state index contributed by atoms with van der Waals surface area (Å²) in [4.78, 5) is 43.6. The molecule has 1 amide bonds. The number of carbonyl (C=O) groups is 3. The lowest BCUT2D eigenvalue weighted by Gasteiger charge is -2.50. The van der Waals surface area contributed by atoms with Gasteiger partial charge in [-0.15, -0.1) is 24.8 Å². The number of primary amides is 1. The lowest BCUT2D eigenvalue weighted by Crippen LogP contribution is -2.65. The smallest absolute Gasteiger partial charge is 0.255 e. The van der Waals surface area contributed by atoms with Gasteiger partial charge in [-0.05, 0) is 38.4 Å². The fourth-order valence-electron chi connectivity index (χ4n) is 5.07. The summed E-state index contributed by atoms with van der Waals surface area (Å²) in [6.07, 6.45) is 2.87. The Bertz CT molecular complexity index is 1080. The van der Waals surface area contributed by atoms with E-state index in [4.69, 9.17) is 5.73 Å². The second-order valence-corrected chi connectivity index (χ2v) is 8.15. The number of likely N-dealkylation sites (N-methyl/N-ethyl adjacent to an activating group) is 1. The maximum atomic E-state index is 13.5. The number of Topliss-reactive ketones (excluding diaryl/α,β-unsaturated/α-hetero) is 2. The molecule has 3 aliphatic rings. The van der Waals surface area contributed by atoms with Crippen LogP contribution in [0.3, 0.4) is 0 Å². The fraction of sp³-hybridized carbons (Fsp3) is 0.400. The first-order valence-corrected chi connectivity index (χ1v) is 9.32. The normalized spacial score (nSPS) is 28.9. The SMILES string of the molecule is CN(C)[C@@H]1C(=O)C(C(N)=O)=C(O)[C@@]2(O)C(=O)C3=C(O)c4c(O)cncc4C[C@H]3C[C@@H]12.Cl.Cl. The third-order valence-corrected chi connectivity index (χ3v) is 6.33. The van der Waals surface area contributed by atoms with Gasteiger partial charge in [0.15, 0.2) is 11.4 Å². The molecule has 0 saturated heterocycles. The Kier molecular flexibility index (Phi) is 6.69. The Morgan fingerprint density at radius 3 is 2.38 bits per heavy atom. The zero-order valence-corrected chi connectivity index (χ0v) is 18.7. The number of aliphatic hydroxyl groups excluding tert-OH is 2. The van der Waals surface area contributed by atoms with Crippen molar-refractivity contribution in [1.29, 1.82) is 0 Å². The molecule has 6 N–H and O–H groups in total. The average molecular weight is 488 g/mol. The van der Waals surface area contributed by atoms with Gasteiger partial charge in [0.1, 0.15) is 22.8 Å². The maximum Gasteiger partial charge on any atom is 0.255 e. The Hall–Kier alpha value is -2.66. The van der Waals surface area contributed by atoms with E-state index >= 15 is 0 Å². The minimum absolute atomic E-state index is 0. The minimum Gasteiger partial charge on any atom is -0.508 e. The number of carbonyl (C=O) groups excluding carboxylic acids is 3. The van der Waals surface area contributed by atoms with Crippen LogP contribution in [-0.2, 0) is 20.8 Å². The largest absolute Gasteiger partial charge is 0.508 e. The van der Waals surface area contributed by atoms with Gasteiger partial charge >= 0.3 is 0 Å². The molecule has 10 nitrogen and oxygen atoms in total. The summed E-state index contributed by atoms with van der Waals surface area (Å²) in [5.74, 6) is -6.69. The molecule has 0 aliphatic heterocycles. The van der Waals surface area contributed by atoms with Gasteiger partial charge in [0, 0.05) is 17.7 Å². The Morgan fingerprint density at radius 2 is 1.81 bits per heavy atom. The van der Waals surface area contributed by atoms with E-state index in [-0.39, 0.29) is 54.5 Å². The molecule has 12 heteroatoms. The van der Waals surface area contributed by atoms with Crippen LogP contribution in [0, 0.1) is 11.8 Å². The van der Waals surface area contributed by atoms with Crippen LogP contribution in [0.5, 0.6) is 5.75 Å². The van der Waals surface area contributed by atoms with Crippen molar-refractivity contribution in [3.8, 4) is 5.75 Å². The van der Waals surface area contributed by atoms with Crippen LogP contribution in [0.4, 0.5) is 0 Å². The molecule has 0 radical (unpaired) electrons. The molecule has 4 rings (SSSR count). The van der Waals surface area contributed by atoms with Crippen molar-refractivity contribution in [3.05, 3.63) is 40.4 Å². The molecule has 1 aromatic heterocycles. The maximum absolute atomic E-state index is 13.5. The fourth-order valence-corrected chi connectivity index (χ4v) is 5.07. The van der Waals surface area contributed by atoms with Gasteiger partial charge in [0.05, 0.1) is 17.8 Å². The van der Waals surface area contributed by atoms with Crippen molar-refractivity contribution in [2.45, 2.75) is 24.5 Å². The van der Waals surface area contributed by atoms with Crippen LogP contribution in [0.15, 0.2) is 29.3 Å². The monoisotopic (exact) mass is 487 g/mol. The van der Waals surface area contributed by atoms with Gasteiger partial charge in [-0.3, -0.25) is 24.3 Å². The molecule has 4 atom stereocenters. The third-order valence-electron chi connectivity index (χ3n) is 6.33. The number of aliphatic hydroxyl groups is 3. The lowest BCUT2D eigenvalue weighted by molar-refractivity contribution is -0.153. The van der Waals surface area contributed by atoms with Crippen molar-refractivity contribution in [1.82, 2.24) is 9.88 Å². The molecule has 1 saturated carbocycles. The number of nitrogens with zero attached hydrogens (tertiary/aromatic N) is 2. The molecule has 0 spiro atoms. The molecule has 1 aromatic rings. The van der Waals surface area contributed by atoms with Crippen molar-refractivity contribution < 1.29 is 34.8 Å². The molecule has 0 bridgehead atoms. The predicted octanol–water partition coefficient (Wildman–Crippen LogP) is 0.203. The van der Waals surface area contributed by atoms with E-state index in [0.717, 1.165) is 6.20 Å². The topological polar surface area (TPSA) is 174 Å². The van der Waals surface area contributed by atoms with Gasteiger partial charge in [0.25, 0.3) is 5.91 Å². The van der Waals surface area contributed by atoms with E-state index in [1.165, 1.54) is 11.1 Å². The number of aromatic nitrogens is 1. The van der Waals surface area contributed by atoms with Crippen LogP contribution in [0.2, 0.25) is 0 Å². The summed E-state index contributed by atoms with van der Waals surface area (Å²) in [5, 5.41) is 43.0. The Morgan fingerprint density at radius 1 is 1.19 bits per heavy atom. The van der Waals surface area contributed by atoms with Crippen LogP contribution in [0.25, 0.3) is 5.76 Å². The Balaban J connectivity index is 0.00000181. The molecule has 174 valence electrons. The highest BCUT2D eigenvalue weighted by molar-refractivity contribution is 6.24. The number of aromatic hydroxyl groups is 1. The van der Waals surface area contributed by atoms with E-state index < -0.39 is 58.0 Å². The minimum atomic E-state index is -2.62. The molecule has 3 aliphatic carbocycles. The van der Waals surface area contributed by atoms with E-state index in [1.54, 1.807) is 14.1 Å². The van der Waals surface area contributed by atoms with Crippen LogP contribution in [0.1, 0.15) is 17.5 Å². The van der Waals surface area contributed by atoms with Crippen molar-refractivity contribution in [3.63, 3.8) is 0 Å². The van der Waals surface area contributed by atoms with Crippen LogP contribution >= 0.6 is 24.8 Å². The summed E-state index contributed by atoms with van der Waals surface area (Å²) in [5.41, 5.74) is 2.18. The summed E-state index contributed by atoms with van der Waals surface area (Å²) in [6.45, 7) is 0. The number of ketones is 2. The van der Waals surface area contributed by atoms with Gasteiger partial charge in [-0.2, -0.15) is 0 Å². The van der Waals surface area contributed by atoms with Gasteiger partial charge in [-0.1, -0.05) is 0 Å². The van der Waals surface area contributed by atoms with Crippen molar-refractivity contribution in [2.75, 3.05) is 14.1 Å². The second-order valence-electron chi connectivity index (χ2n) is 8.15. The number of hydrogen-bond donors (Lipinski definition) is 5. The van der Waals surface area contributed by atoms with Crippen molar-refractivity contribution in [2.24, 2.45) is 17.6 Å². The first-order chi connectivity index (χ1) is 14.0. The summed E-state index contributed by atoms with van der Waals surface area (Å²) in [7, 11) is 3.10. The number of nitrogens with two attached hydrogens (primary N) is 1. The van der Waals surface area contributed by atoms with Gasteiger partial charge in [0.2, 0.25) is 5.78 Å². The van der Waals surface area contributed by atoms with Gasteiger partial charge in [-0.25, -0.2) is 0 Å². The number of hydrogen-bond acceptors (Lipinski definition) is 9. The highest BCUT2D eigenvalue weighted by atomic mass is 35.5. The third kappa shape index (κ3) is 3.17. The zero-order chi connectivity index (χ0) is 22.1. The lowest BCUT2D eigenvalue weighted by atomic mass is 9.57. The summed E-state index contributed by atoms with van der Waals surface area (Å²) in [6, 6.07) is -1.09. The number of halogens is 2. The van der Waals surface area contributed by atoms with Crippen LogP contribution in [-0.4, -0.2) is 73.5 Å². The molecule has 1 fully saturated rings. The quantitative estimate of drug-likeness (QED) is 0.364. The Labute approximate surface area is 195 Å². The highest BCUT2D eigenvalue weighted by Crippen LogP contribution is 2.52. The zero-order valence-electron chi connectivity index (χ0n) is 17.1. The second kappa shape index (κ2) is 8.36. The molecule has 32 heavy (non-hydrogen) atoms. The van der Waals surface area contributed by atoms with E-state index in [2.05, 4.69) is 4.98 Å². The summed E-state index contributed by atoms with van der Waals surface area (Å²) < 4.78 is 0. The predicted molar refractivity (Wildman–Crippen MR) is 117 cm³/mol. The average Bonchev–Trinajstić information content (AvgIpc) is 2.64. The van der Waals surface area contributed by atoms with Gasteiger partial charge < -0.3 is 26.2 Å². The molecule has 0 unspecified atom stereocenters. The number of pyridine rings is 1. The van der Waals surface area contributed by atoms with E-state index in [0.29, 0.717) is 5.56 Å². The molecule has 1 heterocycles. The number of amides is 1. The van der Waals surface area contributed by atoms with E-state index in [9.17, 15) is 34.8 Å². The molecule has 0 aromatic carbocycles. The first kappa shape index (κ1) is 25.6. The number of rotatable bonds is 2. The summed E-state index contributed by atoms with van der Waals surface area (Å²) >= 11 is 0. The first-order valence-electron chi connectivity index (χ1n) is 9.32. The molecular weight excluding hydrogens is 465 g/mol.